The monoisotopic (exact) mass is 907 g/mol. The molecule has 4 heterocycles. The lowest BCUT2D eigenvalue weighted by molar-refractivity contribution is -0.135. The number of benzene rings is 5. The summed E-state index contributed by atoms with van der Waals surface area (Å²) in [6, 6.07) is 43.9. The Morgan fingerprint density at radius 1 is 0.618 bits per heavy atom. The molecular weight excluding hydrogens is 855 g/mol. The molecule has 3 amide bonds. The van der Waals surface area contributed by atoms with E-state index in [1.165, 1.54) is 0 Å². The fraction of sp³-hybridized carbons (Fsp3) is 0.255. The Hall–Kier alpha value is -7.93. The number of ether oxygens (including phenoxy) is 1. The molecule has 4 atom stereocenters. The Morgan fingerprint density at radius 2 is 1.24 bits per heavy atom. The molecule has 3 aliphatic rings. The summed E-state index contributed by atoms with van der Waals surface area (Å²) in [6.07, 6.45) is 4.34. The van der Waals surface area contributed by atoms with Crippen molar-refractivity contribution in [3.63, 3.8) is 0 Å². The SMILES string of the molecule is O=C1COc2ccc(cc2)C[C@@H](C(=O)NCC2=NN=NC2)CC(=O)[C@H](CCc2ccccc2)NC(=O)[C@@H](Cc2ccc(-c3ccccc3)cc2)NC(=O)[C@H](Cc2ccc(-c3ccncc3)cc2)C1. The molecule has 13 nitrogen and oxygen atoms in total. The lowest BCUT2D eigenvalue weighted by atomic mass is 9.89. The first kappa shape index (κ1) is 46.6. The van der Waals surface area contributed by atoms with Gasteiger partial charge in [0.25, 0.3) is 0 Å². The van der Waals surface area contributed by atoms with Crippen molar-refractivity contribution < 1.29 is 28.7 Å². The van der Waals surface area contributed by atoms with Crippen LogP contribution in [0, 0.1) is 11.8 Å². The number of nitrogens with one attached hydrogen (secondary N) is 3. The van der Waals surface area contributed by atoms with Crippen molar-refractivity contribution in [3.05, 3.63) is 180 Å². The fourth-order valence-corrected chi connectivity index (χ4v) is 8.47. The largest absolute Gasteiger partial charge is 0.486 e. The van der Waals surface area contributed by atoms with E-state index in [9.17, 15) is 24.0 Å². The standard InChI is InChI=1S/C55H53N7O6/c63-48-32-45(29-38-11-18-43(19-12-38)44-25-27-56-28-26-44)54(66)60-51(31-40-13-20-42(21-14-40)41-9-5-2-6-10-41)55(67)59-50(24-17-37-7-3-1-4-8-37)52(64)33-46(53(65)57-34-47-35-58-62-61-47)30-39-15-22-49(23-16-39)68-36-48/h1-16,18-23,25-28,45-46,50-51H,17,24,29-36H2,(H,57,65)(H,59,67)(H,60,66)/t45-,46-,50+,51-/m1/s1. The molecular formula is C55H53N7O6. The molecule has 0 radical (unpaired) electrons. The zero-order chi connectivity index (χ0) is 47.1. The molecule has 1 aromatic heterocycles. The van der Waals surface area contributed by atoms with Crippen molar-refractivity contribution in [3.8, 4) is 28.0 Å². The van der Waals surface area contributed by atoms with Gasteiger partial charge in [-0.15, -0.1) is 5.10 Å². The van der Waals surface area contributed by atoms with E-state index in [1.54, 1.807) is 36.7 Å². The van der Waals surface area contributed by atoms with Gasteiger partial charge in [0.1, 0.15) is 24.9 Å². The van der Waals surface area contributed by atoms with E-state index >= 15 is 0 Å². The molecule has 0 fully saturated rings. The predicted octanol–water partition coefficient (Wildman–Crippen LogP) is 7.53. The van der Waals surface area contributed by atoms with Gasteiger partial charge in [-0.25, -0.2) is 0 Å². The molecule has 0 saturated carbocycles. The summed E-state index contributed by atoms with van der Waals surface area (Å²) in [7, 11) is 0. The van der Waals surface area contributed by atoms with Crippen molar-refractivity contribution in [2.24, 2.45) is 27.3 Å². The van der Waals surface area contributed by atoms with Gasteiger partial charge in [0.2, 0.25) is 17.7 Å². The minimum absolute atomic E-state index is 0.0954. The van der Waals surface area contributed by atoms with Crippen LogP contribution in [-0.4, -0.2) is 71.8 Å². The first-order valence-corrected chi connectivity index (χ1v) is 23.0. The maximum atomic E-state index is 14.8. The Balaban J connectivity index is 1.11. The molecule has 0 spiro atoms. The van der Waals surface area contributed by atoms with Gasteiger partial charge in [-0.2, -0.15) is 5.11 Å². The number of nitrogens with zero attached hydrogens (tertiary/aromatic N) is 4. The van der Waals surface area contributed by atoms with Gasteiger partial charge in [0, 0.05) is 43.5 Å². The molecule has 9 rings (SSSR count). The number of carbonyl (C=O) groups excluding carboxylic acids is 5. The number of carbonyl (C=O) groups is 5. The summed E-state index contributed by atoms with van der Waals surface area (Å²) >= 11 is 0. The van der Waals surface area contributed by atoms with Gasteiger partial charge >= 0.3 is 0 Å². The smallest absolute Gasteiger partial charge is 0.243 e. The quantitative estimate of drug-likeness (QED) is 0.114. The van der Waals surface area contributed by atoms with Crippen LogP contribution in [0.3, 0.4) is 0 Å². The minimum atomic E-state index is -1.14. The number of Topliss-reactive ketones (excluding diaryl/α,β-unsaturated/α-hetero) is 2. The number of fused-ring (bicyclic) bond motifs is 16. The number of rotatable bonds is 12. The third-order valence-corrected chi connectivity index (χ3v) is 12.3. The number of hydrogen-bond donors (Lipinski definition) is 3. The topological polar surface area (TPSA) is 181 Å². The molecule has 5 aromatic carbocycles. The Kier molecular flexibility index (Phi) is 15.8. The lowest BCUT2D eigenvalue weighted by Gasteiger charge is -2.26. The van der Waals surface area contributed by atoms with E-state index in [4.69, 9.17) is 4.74 Å². The second-order valence-corrected chi connectivity index (χ2v) is 17.3. The van der Waals surface area contributed by atoms with E-state index in [2.05, 4.69) is 36.4 Å². The number of ketones is 2. The van der Waals surface area contributed by atoms with Crippen LogP contribution in [0.15, 0.2) is 173 Å². The van der Waals surface area contributed by atoms with Crippen molar-refractivity contribution in [2.45, 2.75) is 57.0 Å². The zero-order valence-electron chi connectivity index (χ0n) is 37.6. The van der Waals surface area contributed by atoms with Crippen molar-refractivity contribution in [1.29, 1.82) is 0 Å². The van der Waals surface area contributed by atoms with Crippen LogP contribution >= 0.6 is 0 Å². The Bertz CT molecular complexity index is 2730. The van der Waals surface area contributed by atoms with Crippen molar-refractivity contribution >= 4 is 35.0 Å². The highest BCUT2D eigenvalue weighted by molar-refractivity contribution is 5.97. The van der Waals surface area contributed by atoms with Crippen LogP contribution < -0.4 is 20.7 Å². The lowest BCUT2D eigenvalue weighted by Crippen LogP contribution is -2.54. The van der Waals surface area contributed by atoms with Crippen molar-refractivity contribution in [2.75, 3.05) is 19.7 Å². The first-order valence-electron chi connectivity index (χ1n) is 23.0. The third-order valence-electron chi connectivity index (χ3n) is 12.3. The highest BCUT2D eigenvalue weighted by atomic mass is 16.5. The molecule has 0 unspecified atom stereocenters. The Morgan fingerprint density at radius 3 is 1.90 bits per heavy atom. The van der Waals surface area contributed by atoms with Gasteiger partial charge in [0.05, 0.1) is 18.3 Å². The second-order valence-electron chi connectivity index (χ2n) is 17.3. The molecule has 3 aliphatic heterocycles. The molecule has 6 aromatic rings. The van der Waals surface area contributed by atoms with Crippen LogP contribution in [0.4, 0.5) is 0 Å². The van der Waals surface area contributed by atoms with Gasteiger partial charge in [-0.1, -0.05) is 121 Å². The van der Waals surface area contributed by atoms with Gasteiger partial charge in [0.15, 0.2) is 11.6 Å². The van der Waals surface area contributed by atoms with Crippen LogP contribution in [0.5, 0.6) is 5.75 Å². The minimum Gasteiger partial charge on any atom is -0.486 e. The van der Waals surface area contributed by atoms with Crippen LogP contribution in [0.1, 0.15) is 41.5 Å². The number of amides is 3. The van der Waals surface area contributed by atoms with Crippen LogP contribution in [0.25, 0.3) is 22.3 Å². The highest BCUT2D eigenvalue weighted by Gasteiger charge is 2.33. The van der Waals surface area contributed by atoms with Gasteiger partial charge in [-0.3, -0.25) is 29.0 Å². The summed E-state index contributed by atoms with van der Waals surface area (Å²) in [5, 5.41) is 20.5. The average Bonchev–Trinajstić information content (AvgIpc) is 3.91. The fourth-order valence-electron chi connectivity index (χ4n) is 8.47. The molecule has 0 saturated heterocycles. The molecule has 13 heteroatoms. The van der Waals surface area contributed by atoms with Gasteiger partial charge < -0.3 is 20.7 Å². The average molecular weight is 908 g/mol. The maximum Gasteiger partial charge on any atom is 0.243 e. The predicted molar refractivity (Wildman–Crippen MR) is 260 cm³/mol. The van der Waals surface area contributed by atoms with E-state index in [-0.39, 0.29) is 75.7 Å². The number of aromatic nitrogens is 1. The van der Waals surface area contributed by atoms with Crippen LogP contribution in [0.2, 0.25) is 0 Å². The summed E-state index contributed by atoms with van der Waals surface area (Å²) in [4.78, 5) is 76.0. The van der Waals surface area contributed by atoms with Gasteiger partial charge in [-0.05, 0) is 99.7 Å². The number of hydrogen-bond acceptors (Lipinski definition) is 10. The normalized spacial score (nSPS) is 19.1. The molecule has 0 aliphatic carbocycles. The third kappa shape index (κ3) is 13.1. The molecule has 344 valence electrons. The number of pyridine rings is 1. The van der Waals surface area contributed by atoms with Crippen molar-refractivity contribution in [1.82, 2.24) is 20.9 Å². The summed E-state index contributed by atoms with van der Waals surface area (Å²) < 4.78 is 5.94. The molecule has 3 N–H and O–H groups in total. The first-order chi connectivity index (χ1) is 33.2. The van der Waals surface area contributed by atoms with E-state index in [1.807, 2.05) is 121 Å². The summed E-state index contributed by atoms with van der Waals surface area (Å²) in [6.45, 7) is 0.112. The van der Waals surface area contributed by atoms with E-state index in [0.29, 0.717) is 17.9 Å². The second kappa shape index (κ2) is 23.0. The summed E-state index contributed by atoms with van der Waals surface area (Å²) in [5.74, 6) is -3.29. The highest BCUT2D eigenvalue weighted by Crippen LogP contribution is 2.25. The van der Waals surface area contributed by atoms with E-state index in [0.717, 1.165) is 44.5 Å². The van der Waals surface area contributed by atoms with Crippen LogP contribution in [-0.2, 0) is 49.7 Å². The number of aryl methyl sites for hydroxylation is 1. The van der Waals surface area contributed by atoms with E-state index < -0.39 is 35.7 Å². The molecule has 68 heavy (non-hydrogen) atoms. The zero-order valence-corrected chi connectivity index (χ0v) is 37.6. The molecule has 2 bridgehead atoms. The Labute approximate surface area is 395 Å². The summed E-state index contributed by atoms with van der Waals surface area (Å²) in [5.41, 5.74) is 7.92. The maximum absolute atomic E-state index is 14.8.